The van der Waals surface area contributed by atoms with E-state index in [-0.39, 0.29) is 123 Å². The van der Waals surface area contributed by atoms with E-state index in [9.17, 15) is 53.1 Å². The molecule has 0 bridgehead atoms. The van der Waals surface area contributed by atoms with Gasteiger partial charge in [0.2, 0.25) is 29.5 Å². The van der Waals surface area contributed by atoms with Crippen LogP contribution in [0.1, 0.15) is 245 Å². The third-order valence-electron chi connectivity index (χ3n) is 19.3. The van der Waals surface area contributed by atoms with Crippen molar-refractivity contribution in [2.75, 3.05) is 106 Å². The highest BCUT2D eigenvalue weighted by Crippen LogP contribution is 2.45. The molecule has 6 amide bonds. The number of carbonyl (C=O) groups excluding carboxylic acids is 9. The molecule has 0 heterocycles. The Bertz CT molecular complexity index is 4230. The van der Waals surface area contributed by atoms with Gasteiger partial charge in [-0.05, 0) is 237 Å². The van der Waals surface area contributed by atoms with Crippen LogP contribution in [-0.2, 0) is 110 Å². The van der Waals surface area contributed by atoms with Crippen LogP contribution in [0.5, 0.6) is 17.2 Å². The van der Waals surface area contributed by atoms with E-state index in [2.05, 4.69) is 57.9 Å². The molecular formula is C106H166N8O24. The molecule has 0 aromatic heterocycles. The molecule has 0 saturated heterocycles. The highest BCUT2D eigenvalue weighted by atomic mass is 16.6. The smallest absolute Gasteiger partial charge is 0.407 e. The minimum atomic E-state index is -1.05. The molecule has 6 atom stereocenters. The number of fused-ring (bicyclic) bond motifs is 3. The fourth-order valence-electron chi connectivity index (χ4n) is 13.6. The summed E-state index contributed by atoms with van der Waals surface area (Å²) in [6.45, 7) is 53.2. The fourth-order valence-corrected chi connectivity index (χ4v) is 13.6. The van der Waals surface area contributed by atoms with Gasteiger partial charge in [-0.1, -0.05) is 133 Å². The third-order valence-corrected chi connectivity index (χ3v) is 19.3. The molecule has 0 saturated carbocycles. The van der Waals surface area contributed by atoms with Crippen LogP contribution in [0, 0.1) is 23.7 Å². The molecule has 0 unspecified atom stereocenters. The first kappa shape index (κ1) is 122. The molecule has 11 N–H and O–H groups in total. The Morgan fingerprint density at radius 2 is 0.659 bits per heavy atom. The zero-order valence-corrected chi connectivity index (χ0v) is 87.0. The lowest BCUT2D eigenvalue weighted by atomic mass is 9.98. The lowest BCUT2D eigenvalue weighted by molar-refractivity contribution is -0.159. The van der Waals surface area contributed by atoms with E-state index < -0.39 is 77.0 Å². The summed E-state index contributed by atoms with van der Waals surface area (Å²) in [5.74, 6) is -0.423. The van der Waals surface area contributed by atoms with Crippen molar-refractivity contribution in [2.24, 2.45) is 35.1 Å². The van der Waals surface area contributed by atoms with Crippen LogP contribution >= 0.6 is 0 Å². The van der Waals surface area contributed by atoms with Crippen LogP contribution in [0.15, 0.2) is 121 Å². The van der Waals surface area contributed by atoms with Gasteiger partial charge in [-0.15, -0.1) is 0 Å². The number of nitrogens with one attached hydrogen (secondary N) is 6. The van der Waals surface area contributed by atoms with Gasteiger partial charge < -0.3 is 110 Å². The van der Waals surface area contributed by atoms with Crippen molar-refractivity contribution in [1.29, 1.82) is 0 Å². The second-order valence-electron chi connectivity index (χ2n) is 41.2. The number of ether oxygens (including phenoxy) is 13. The van der Waals surface area contributed by atoms with E-state index in [1.807, 2.05) is 206 Å². The Morgan fingerprint density at radius 3 is 0.957 bits per heavy atom. The molecular weight excluding hydrogens is 1770 g/mol. The Labute approximate surface area is 820 Å². The van der Waals surface area contributed by atoms with Gasteiger partial charge in [0, 0.05) is 70.0 Å². The molecule has 32 heteroatoms. The van der Waals surface area contributed by atoms with Crippen molar-refractivity contribution in [1.82, 2.24) is 31.9 Å². The van der Waals surface area contributed by atoms with E-state index in [1.54, 1.807) is 62.3 Å². The predicted octanol–water partition coefficient (Wildman–Crippen LogP) is 14.2. The van der Waals surface area contributed by atoms with Gasteiger partial charge in [-0.2, -0.15) is 0 Å². The summed E-state index contributed by atoms with van der Waals surface area (Å²) in [4.78, 5) is 123. The van der Waals surface area contributed by atoms with Crippen molar-refractivity contribution in [3.05, 3.63) is 149 Å². The Kier molecular flexibility index (Phi) is 54.7. The van der Waals surface area contributed by atoms with E-state index >= 15 is 0 Å². The number of esters is 3. The quantitative estimate of drug-likeness (QED) is 0.00991. The number of alkyl carbamates (subject to hydrolysis) is 1. The number of benzene rings is 5. The average Bonchev–Trinajstić information content (AvgIpc) is 1.61. The van der Waals surface area contributed by atoms with Crippen molar-refractivity contribution in [2.45, 2.75) is 301 Å². The topological polar surface area (TPSA) is 435 Å². The van der Waals surface area contributed by atoms with Crippen molar-refractivity contribution in [3.8, 4) is 28.4 Å². The van der Waals surface area contributed by atoms with Gasteiger partial charge in [-0.25, -0.2) is 24.0 Å². The zero-order chi connectivity index (χ0) is 104. The molecule has 5 aromatic carbocycles. The number of nitrogens with two attached hydrogens (primary N) is 2. The number of carbonyl (C=O) groups is 10. The van der Waals surface area contributed by atoms with Crippen LogP contribution in [0.3, 0.4) is 0 Å². The second-order valence-corrected chi connectivity index (χ2v) is 41.2. The standard InChI is InChI=1S/C31H52N2O7.C30H51N3O7.C24H40N2O6.C21H23NO4/c1-22(2)20-23(3)28(35)32-15-17-38-19-18-37-16-14-27(34)33-26(29(36)40-31(7,8)9)21-24-10-12-25(13-11-24)39-30(4,5)6;1-21(2)19-24(31)27(35)32-14-16-38-18-17-37-15-13-26(34)33-25(28(36)40-30(6,7)8)20-22-9-11-23(12-10-22)39-29(3,4)5;1-23(2,3)31-19-9-7-18(8-10-19)17-20(22(28)32-24(4,5)6)26-21(27)11-13-29-15-16-30-14-12-25;1-13(2)11-19(20(23)24)22-21(25)26-12-18-16-9-5-3-7-14(16)15-8-4-6-10-17(15)18/h10-13,22-23,26H,14-21H2,1-9H3,(H,32,35)(H,33,34);9-12,21,24-25H,13-20,31H2,1-8H3,(H,32,35)(H,33,34);7-10,20H,11-17,25H2,1-6H3,(H,26,27);3-10,13,18-19H,11-12H2,1-2H3,(H,22,25)(H,23,24)/t23-,26-;24-,25-;20-;19-/m0000/s1. The number of aliphatic carboxylic acids is 1. The Balaban J connectivity index is 0.000000479. The summed E-state index contributed by atoms with van der Waals surface area (Å²) < 4.78 is 72.0. The summed E-state index contributed by atoms with van der Waals surface area (Å²) in [6.07, 6.45) is 2.35. The number of amides is 6. The minimum absolute atomic E-state index is 0.0158. The molecule has 6 rings (SSSR count). The van der Waals surface area contributed by atoms with Gasteiger partial charge in [-0.3, -0.25) is 24.0 Å². The molecule has 138 heavy (non-hydrogen) atoms. The lowest BCUT2D eigenvalue weighted by Crippen LogP contribution is -2.45. The summed E-state index contributed by atoms with van der Waals surface area (Å²) in [7, 11) is 0. The monoisotopic (exact) mass is 1940 g/mol. The highest BCUT2D eigenvalue weighted by Gasteiger charge is 2.34. The van der Waals surface area contributed by atoms with Crippen LogP contribution in [-0.4, -0.2) is 234 Å². The first-order valence-corrected chi connectivity index (χ1v) is 48.2. The van der Waals surface area contributed by atoms with Crippen molar-refractivity contribution < 1.29 is 115 Å². The van der Waals surface area contributed by atoms with Crippen LogP contribution in [0.4, 0.5) is 4.79 Å². The van der Waals surface area contributed by atoms with Crippen LogP contribution in [0.2, 0.25) is 0 Å². The largest absolute Gasteiger partial charge is 0.488 e. The van der Waals surface area contributed by atoms with Gasteiger partial charge in [0.1, 0.15) is 81.6 Å². The normalized spacial score (nSPS) is 13.4. The lowest BCUT2D eigenvalue weighted by Gasteiger charge is -2.25. The van der Waals surface area contributed by atoms with Gasteiger partial charge in [0.15, 0.2) is 0 Å². The fraction of sp³-hybridized carbons (Fsp3) is 0.623. The van der Waals surface area contributed by atoms with Gasteiger partial charge in [0.05, 0.1) is 85.3 Å². The number of rotatable bonds is 53. The van der Waals surface area contributed by atoms with Crippen LogP contribution in [0.25, 0.3) is 11.1 Å². The van der Waals surface area contributed by atoms with Crippen molar-refractivity contribution >= 4 is 59.5 Å². The summed E-state index contributed by atoms with van der Waals surface area (Å²) >= 11 is 0. The van der Waals surface area contributed by atoms with E-state index in [0.717, 1.165) is 62.6 Å². The molecule has 1 aliphatic rings. The maximum Gasteiger partial charge on any atom is 0.407 e. The summed E-state index contributed by atoms with van der Waals surface area (Å²) in [6, 6.07) is 34.6. The number of hydrogen-bond acceptors (Lipinski definition) is 25. The van der Waals surface area contributed by atoms with Crippen LogP contribution < -0.4 is 57.6 Å². The third kappa shape index (κ3) is 56.7. The summed E-state index contributed by atoms with van der Waals surface area (Å²) in [5.41, 5.74) is 15.4. The second kappa shape index (κ2) is 62.0. The first-order valence-electron chi connectivity index (χ1n) is 48.2. The SMILES string of the molecule is CC(C)(C)OC(=O)[C@H](Cc1ccc(OC(C)(C)C)cc1)NC(=O)CCOCCOCCN.CC(C)C[C@H](C)C(=O)NCCOCCOCCC(=O)N[C@@H](Cc1ccc(OC(C)(C)C)cc1)C(=O)OC(C)(C)C.CC(C)C[C@H](N)C(=O)NCCOCCOCCC(=O)N[C@@H](Cc1ccc(OC(C)(C)C)cc1)C(=O)OC(C)(C)C.CC(C)C[C@H](NC(=O)OCC1c2ccccc2-c2ccccc21)C(=O)O. The molecule has 32 nitrogen and oxygen atoms in total. The van der Waals surface area contributed by atoms with Gasteiger partial charge in [0.25, 0.3) is 0 Å². The number of carboxylic acids is 1. The molecule has 5 aromatic rings. The molecule has 0 radical (unpaired) electrons. The number of carboxylic acid groups (broad SMARTS) is 1. The predicted molar refractivity (Wildman–Crippen MR) is 534 cm³/mol. The maximum atomic E-state index is 12.8. The first-order chi connectivity index (χ1) is 64.5. The molecule has 0 aliphatic heterocycles. The number of hydrogen-bond donors (Lipinski definition) is 9. The van der Waals surface area contributed by atoms with Gasteiger partial charge >= 0.3 is 30.0 Å². The molecule has 1 aliphatic carbocycles. The molecule has 0 spiro atoms. The van der Waals surface area contributed by atoms with Crippen molar-refractivity contribution in [3.63, 3.8) is 0 Å². The van der Waals surface area contributed by atoms with E-state index in [0.29, 0.717) is 110 Å². The van der Waals surface area contributed by atoms with E-state index in [4.69, 9.17) is 73.0 Å². The highest BCUT2D eigenvalue weighted by molar-refractivity contribution is 5.87. The molecule has 0 fully saturated rings. The summed E-state index contributed by atoms with van der Waals surface area (Å²) in [5, 5.41) is 25.7. The zero-order valence-electron chi connectivity index (χ0n) is 87.0. The molecule has 774 valence electrons. The van der Waals surface area contributed by atoms with E-state index in [1.165, 1.54) is 0 Å². The minimum Gasteiger partial charge on any atom is -0.488 e. The average molecular weight is 1940 g/mol. The maximum absolute atomic E-state index is 12.8. The Hall–Kier alpha value is -10.3. The Morgan fingerprint density at radius 1 is 0.355 bits per heavy atom.